The lowest BCUT2D eigenvalue weighted by Crippen LogP contribution is -1.85. The van der Waals surface area contributed by atoms with Gasteiger partial charge in [0.05, 0.1) is 0 Å². The summed E-state index contributed by atoms with van der Waals surface area (Å²) in [6.45, 7) is 2.12. The average molecular weight is 228 g/mol. The number of hydrogen-bond acceptors (Lipinski definition) is 3. The van der Waals surface area contributed by atoms with Gasteiger partial charge in [0.1, 0.15) is 5.82 Å². The molecule has 4 nitrogen and oxygen atoms in total. The highest BCUT2D eigenvalue weighted by Gasteiger charge is 1.98. The number of nitrogens with one attached hydrogen (secondary N) is 1. The fraction of sp³-hybridized carbons (Fsp3) is 0.231. The molecular formula is C13H16N4. The van der Waals surface area contributed by atoms with Gasteiger partial charge in [0, 0.05) is 12.1 Å². The molecular weight excluding hydrogens is 212 g/mol. The van der Waals surface area contributed by atoms with Crippen LogP contribution in [0.1, 0.15) is 30.6 Å². The Labute approximate surface area is 101 Å². The van der Waals surface area contributed by atoms with Crippen molar-refractivity contribution >= 4 is 17.8 Å². The van der Waals surface area contributed by atoms with Gasteiger partial charge >= 0.3 is 0 Å². The van der Waals surface area contributed by atoms with Crippen molar-refractivity contribution in [3.63, 3.8) is 0 Å². The molecule has 88 valence electrons. The summed E-state index contributed by atoms with van der Waals surface area (Å²) in [6.07, 6.45) is 5.83. The molecule has 0 atom stereocenters. The number of hydrogen-bond donors (Lipinski definition) is 2. The second-order valence-corrected chi connectivity index (χ2v) is 3.89. The minimum atomic E-state index is 0.705. The molecule has 2 rings (SSSR count). The van der Waals surface area contributed by atoms with Gasteiger partial charge < -0.3 is 5.73 Å². The van der Waals surface area contributed by atoms with Crippen molar-refractivity contribution in [1.29, 1.82) is 0 Å². The third kappa shape index (κ3) is 3.17. The zero-order valence-corrected chi connectivity index (χ0v) is 9.85. The standard InChI is InChI=1S/C13H16N4/c1-2-4-12-15-13(17-16-12)8-7-10-5-3-6-11(14)9-10/h3,5-9H,2,4,14H2,1H3,(H,15,16,17)/b8-7+. The highest BCUT2D eigenvalue weighted by Crippen LogP contribution is 2.09. The fourth-order valence-electron chi connectivity index (χ4n) is 1.57. The number of aromatic nitrogens is 3. The molecule has 0 saturated heterocycles. The number of nitrogens with two attached hydrogens (primary N) is 1. The van der Waals surface area contributed by atoms with Crippen LogP contribution >= 0.6 is 0 Å². The van der Waals surface area contributed by atoms with E-state index in [1.165, 1.54) is 0 Å². The summed E-state index contributed by atoms with van der Waals surface area (Å²) in [5.74, 6) is 1.63. The van der Waals surface area contributed by atoms with Crippen molar-refractivity contribution < 1.29 is 0 Å². The molecule has 0 spiro atoms. The summed E-state index contributed by atoms with van der Waals surface area (Å²) in [5.41, 5.74) is 7.51. The smallest absolute Gasteiger partial charge is 0.173 e. The Morgan fingerprint density at radius 3 is 3.00 bits per heavy atom. The van der Waals surface area contributed by atoms with Gasteiger partial charge in [-0.25, -0.2) is 4.98 Å². The maximum atomic E-state index is 5.70. The van der Waals surface area contributed by atoms with Gasteiger partial charge in [0.25, 0.3) is 0 Å². The van der Waals surface area contributed by atoms with Gasteiger partial charge in [-0.15, -0.1) is 0 Å². The average Bonchev–Trinajstić information content (AvgIpc) is 2.75. The van der Waals surface area contributed by atoms with E-state index in [0.29, 0.717) is 5.82 Å². The minimum Gasteiger partial charge on any atom is -0.399 e. The number of aryl methyl sites for hydroxylation is 1. The maximum absolute atomic E-state index is 5.70. The first-order valence-electron chi connectivity index (χ1n) is 5.73. The SMILES string of the molecule is CCCc1nc(/C=C/c2cccc(N)c2)n[nH]1. The Bertz CT molecular complexity index is 514. The van der Waals surface area contributed by atoms with Crippen LogP contribution < -0.4 is 5.73 Å². The zero-order valence-electron chi connectivity index (χ0n) is 9.85. The molecule has 0 saturated carbocycles. The van der Waals surface area contributed by atoms with Crippen LogP contribution in [0.15, 0.2) is 24.3 Å². The molecule has 1 aromatic heterocycles. The van der Waals surface area contributed by atoms with Crippen molar-refractivity contribution in [2.75, 3.05) is 5.73 Å². The molecule has 0 radical (unpaired) electrons. The van der Waals surface area contributed by atoms with Gasteiger partial charge in [-0.3, -0.25) is 5.10 Å². The number of benzene rings is 1. The molecule has 0 unspecified atom stereocenters. The molecule has 0 aliphatic rings. The first-order chi connectivity index (χ1) is 8.28. The van der Waals surface area contributed by atoms with E-state index >= 15 is 0 Å². The minimum absolute atomic E-state index is 0.705. The summed E-state index contributed by atoms with van der Waals surface area (Å²) in [4.78, 5) is 4.35. The monoisotopic (exact) mass is 228 g/mol. The van der Waals surface area contributed by atoms with Crippen LogP contribution in [0.5, 0.6) is 0 Å². The number of H-pyrrole nitrogens is 1. The predicted molar refractivity (Wildman–Crippen MR) is 70.2 cm³/mol. The van der Waals surface area contributed by atoms with Crippen molar-refractivity contribution in [2.45, 2.75) is 19.8 Å². The number of nitrogen functional groups attached to an aromatic ring is 1. The maximum Gasteiger partial charge on any atom is 0.173 e. The molecule has 17 heavy (non-hydrogen) atoms. The van der Waals surface area contributed by atoms with Crippen LogP contribution in [0.25, 0.3) is 12.2 Å². The zero-order chi connectivity index (χ0) is 12.1. The van der Waals surface area contributed by atoms with E-state index in [1.807, 2.05) is 36.4 Å². The molecule has 1 heterocycles. The Balaban J connectivity index is 2.09. The molecule has 1 aromatic carbocycles. The highest BCUT2D eigenvalue weighted by atomic mass is 15.2. The van der Waals surface area contributed by atoms with E-state index in [0.717, 1.165) is 29.9 Å². The van der Waals surface area contributed by atoms with Crippen LogP contribution in [0.2, 0.25) is 0 Å². The molecule has 2 aromatic rings. The predicted octanol–water partition coefficient (Wildman–Crippen LogP) is 2.51. The largest absolute Gasteiger partial charge is 0.399 e. The van der Waals surface area contributed by atoms with E-state index < -0.39 is 0 Å². The van der Waals surface area contributed by atoms with Gasteiger partial charge in [-0.1, -0.05) is 25.1 Å². The van der Waals surface area contributed by atoms with Gasteiger partial charge in [-0.2, -0.15) is 5.10 Å². The Morgan fingerprint density at radius 2 is 2.24 bits per heavy atom. The topological polar surface area (TPSA) is 67.6 Å². The summed E-state index contributed by atoms with van der Waals surface area (Å²) in [7, 11) is 0. The fourth-order valence-corrected chi connectivity index (χ4v) is 1.57. The highest BCUT2D eigenvalue weighted by molar-refractivity contribution is 5.68. The van der Waals surface area contributed by atoms with Crippen LogP contribution in [-0.4, -0.2) is 15.2 Å². The third-order valence-electron chi connectivity index (χ3n) is 2.37. The molecule has 3 N–H and O–H groups in total. The lowest BCUT2D eigenvalue weighted by molar-refractivity contribution is 0.841. The quantitative estimate of drug-likeness (QED) is 0.790. The summed E-state index contributed by atoms with van der Waals surface area (Å²) >= 11 is 0. The van der Waals surface area contributed by atoms with Gasteiger partial charge in [0.15, 0.2) is 5.82 Å². The van der Waals surface area contributed by atoms with E-state index in [1.54, 1.807) is 0 Å². The van der Waals surface area contributed by atoms with Gasteiger partial charge in [-0.05, 0) is 30.2 Å². The van der Waals surface area contributed by atoms with E-state index in [-0.39, 0.29) is 0 Å². The molecule has 0 fully saturated rings. The van der Waals surface area contributed by atoms with Crippen LogP contribution in [-0.2, 0) is 6.42 Å². The van der Waals surface area contributed by atoms with Crippen LogP contribution in [0.3, 0.4) is 0 Å². The normalized spacial score (nSPS) is 11.1. The Kier molecular flexibility index (Phi) is 3.55. The van der Waals surface area contributed by atoms with Gasteiger partial charge in [0.2, 0.25) is 0 Å². The lowest BCUT2D eigenvalue weighted by atomic mass is 10.2. The first kappa shape index (κ1) is 11.4. The molecule has 0 aliphatic carbocycles. The Hall–Kier alpha value is -2.10. The number of rotatable bonds is 4. The van der Waals surface area contributed by atoms with E-state index in [4.69, 9.17) is 5.73 Å². The first-order valence-corrected chi connectivity index (χ1v) is 5.73. The number of anilines is 1. The summed E-state index contributed by atoms with van der Waals surface area (Å²) < 4.78 is 0. The molecule has 0 aliphatic heterocycles. The molecule has 4 heteroatoms. The second-order valence-electron chi connectivity index (χ2n) is 3.89. The number of nitrogens with zero attached hydrogens (tertiary/aromatic N) is 2. The molecule has 0 bridgehead atoms. The van der Waals surface area contributed by atoms with Crippen molar-refractivity contribution in [3.8, 4) is 0 Å². The van der Waals surface area contributed by atoms with Crippen molar-refractivity contribution in [1.82, 2.24) is 15.2 Å². The second kappa shape index (κ2) is 5.30. The van der Waals surface area contributed by atoms with E-state index in [9.17, 15) is 0 Å². The van der Waals surface area contributed by atoms with Crippen molar-refractivity contribution in [3.05, 3.63) is 41.5 Å². The van der Waals surface area contributed by atoms with Crippen LogP contribution in [0.4, 0.5) is 5.69 Å². The molecule has 0 amide bonds. The van der Waals surface area contributed by atoms with Crippen molar-refractivity contribution in [2.24, 2.45) is 0 Å². The van der Waals surface area contributed by atoms with E-state index in [2.05, 4.69) is 22.1 Å². The number of aromatic amines is 1. The summed E-state index contributed by atoms with van der Waals surface area (Å²) in [6, 6.07) is 7.70. The lowest BCUT2D eigenvalue weighted by Gasteiger charge is -1.94. The summed E-state index contributed by atoms with van der Waals surface area (Å²) in [5, 5.41) is 7.04. The van der Waals surface area contributed by atoms with Crippen LogP contribution in [0, 0.1) is 0 Å². The third-order valence-corrected chi connectivity index (χ3v) is 2.37. The Morgan fingerprint density at radius 1 is 1.35 bits per heavy atom.